The van der Waals surface area contributed by atoms with Crippen molar-refractivity contribution in [2.45, 2.75) is 5.41 Å². The summed E-state index contributed by atoms with van der Waals surface area (Å²) < 4.78 is 0. The van der Waals surface area contributed by atoms with Crippen LogP contribution < -0.4 is 4.90 Å². The van der Waals surface area contributed by atoms with Crippen molar-refractivity contribution in [1.82, 2.24) is 0 Å². The van der Waals surface area contributed by atoms with E-state index in [9.17, 15) is 0 Å². The third kappa shape index (κ3) is 6.35. The quantitative estimate of drug-likeness (QED) is 0.141. The Bertz CT molecular complexity index is 3140. The molecule has 0 radical (unpaired) electrons. The minimum absolute atomic E-state index is 0.587. The number of benzene rings is 10. The first-order valence-electron chi connectivity index (χ1n) is 21.4. The van der Waals surface area contributed by atoms with Crippen LogP contribution in [-0.2, 0) is 5.41 Å². The van der Waals surface area contributed by atoms with Crippen molar-refractivity contribution in [1.29, 1.82) is 0 Å². The molecule has 10 aromatic carbocycles. The van der Waals surface area contributed by atoms with E-state index in [2.05, 4.69) is 266 Å². The third-order valence-electron chi connectivity index (χ3n) is 12.6. The van der Waals surface area contributed by atoms with Crippen LogP contribution >= 0.6 is 0 Å². The van der Waals surface area contributed by atoms with Crippen LogP contribution in [0.3, 0.4) is 0 Å². The topological polar surface area (TPSA) is 3.24 Å². The normalized spacial score (nSPS) is 13.9. The summed E-state index contributed by atoms with van der Waals surface area (Å²) in [5.41, 5.74) is 19.7. The van der Waals surface area contributed by atoms with Crippen LogP contribution in [0.1, 0.15) is 22.3 Å². The molecular weight excluding hydrogens is 747 g/mol. The van der Waals surface area contributed by atoms with E-state index >= 15 is 0 Å². The van der Waals surface area contributed by atoms with Gasteiger partial charge in [-0.15, -0.1) is 0 Å². The Morgan fingerprint density at radius 1 is 0.258 bits per heavy atom. The van der Waals surface area contributed by atoms with Crippen molar-refractivity contribution >= 4 is 17.1 Å². The number of anilines is 3. The van der Waals surface area contributed by atoms with Gasteiger partial charge in [-0.3, -0.25) is 0 Å². The average Bonchev–Trinajstić information content (AvgIpc) is 3.67. The van der Waals surface area contributed by atoms with Crippen LogP contribution in [0, 0.1) is 0 Å². The monoisotopic (exact) mass is 789 g/mol. The second kappa shape index (κ2) is 15.9. The fourth-order valence-electron chi connectivity index (χ4n) is 9.77. The standard InChI is InChI=1S/C61H43N/c1-6-20-44(21-7-1)47-36-39-53(40-37-47)62(58-41-38-50(46-24-10-3-11-25-46)43-55(58)48-26-12-4-13-27-48)59-35-19-34-57-60(59)54-32-16-17-33-56(54)61(57,51-29-14-5-15-30-51)52-31-18-28-49(42-52)45-22-8-2-9-23-45/h1-43H. The Kier molecular flexibility index (Phi) is 9.48. The summed E-state index contributed by atoms with van der Waals surface area (Å²) in [6, 6.07) is 95.4. The highest BCUT2D eigenvalue weighted by Crippen LogP contribution is 2.60. The molecular formula is C61H43N. The lowest BCUT2D eigenvalue weighted by molar-refractivity contribution is 0.769. The molecule has 0 saturated heterocycles. The zero-order valence-corrected chi connectivity index (χ0v) is 34.3. The molecule has 1 atom stereocenters. The second-order valence-corrected chi connectivity index (χ2v) is 16.0. The third-order valence-corrected chi connectivity index (χ3v) is 12.6. The van der Waals surface area contributed by atoms with Crippen molar-refractivity contribution in [2.24, 2.45) is 0 Å². The van der Waals surface area contributed by atoms with Crippen molar-refractivity contribution in [3.05, 3.63) is 283 Å². The lowest BCUT2D eigenvalue weighted by Gasteiger charge is -2.35. The van der Waals surface area contributed by atoms with Crippen LogP contribution in [0.25, 0.3) is 55.6 Å². The number of rotatable bonds is 9. The van der Waals surface area contributed by atoms with E-state index in [1.165, 1.54) is 66.8 Å². The predicted octanol–water partition coefficient (Wildman–Crippen LogP) is 16.2. The molecule has 292 valence electrons. The molecule has 10 aromatic rings. The molecule has 11 rings (SSSR count). The van der Waals surface area contributed by atoms with Gasteiger partial charge in [0.15, 0.2) is 0 Å². The SMILES string of the molecule is c1ccc(-c2ccc(N(c3ccc(-c4ccccc4)cc3-c3ccccc3)c3cccc4c3-c3ccccc3C4(c3ccccc3)c3cccc(-c4ccccc4)c3)cc2)cc1. The summed E-state index contributed by atoms with van der Waals surface area (Å²) in [6.45, 7) is 0. The van der Waals surface area contributed by atoms with E-state index in [-0.39, 0.29) is 0 Å². The Hall–Kier alpha value is -8.00. The molecule has 0 N–H and O–H groups in total. The molecule has 0 spiro atoms. The first kappa shape index (κ1) is 37.0. The highest BCUT2D eigenvalue weighted by molar-refractivity contribution is 6.00. The van der Waals surface area contributed by atoms with E-state index in [0.29, 0.717) is 0 Å². The maximum atomic E-state index is 2.50. The minimum Gasteiger partial charge on any atom is -0.309 e. The van der Waals surface area contributed by atoms with Crippen LogP contribution in [0.2, 0.25) is 0 Å². The Morgan fingerprint density at radius 3 is 1.35 bits per heavy atom. The molecule has 0 amide bonds. The largest absolute Gasteiger partial charge is 0.309 e. The smallest absolute Gasteiger partial charge is 0.0714 e. The molecule has 0 bridgehead atoms. The van der Waals surface area contributed by atoms with Crippen LogP contribution in [0.4, 0.5) is 17.1 Å². The molecule has 1 unspecified atom stereocenters. The van der Waals surface area contributed by atoms with Gasteiger partial charge in [0.1, 0.15) is 0 Å². The van der Waals surface area contributed by atoms with Crippen molar-refractivity contribution in [3.63, 3.8) is 0 Å². The van der Waals surface area contributed by atoms with Gasteiger partial charge < -0.3 is 4.90 Å². The van der Waals surface area contributed by atoms with Gasteiger partial charge in [0.2, 0.25) is 0 Å². The number of nitrogens with zero attached hydrogens (tertiary/aromatic N) is 1. The molecule has 1 aliphatic rings. The molecule has 0 saturated carbocycles. The summed E-state index contributed by atoms with van der Waals surface area (Å²) in [4.78, 5) is 2.50. The van der Waals surface area contributed by atoms with E-state index < -0.39 is 5.41 Å². The van der Waals surface area contributed by atoms with Crippen molar-refractivity contribution in [2.75, 3.05) is 4.90 Å². The van der Waals surface area contributed by atoms with Gasteiger partial charge in [0.25, 0.3) is 0 Å². The Balaban J connectivity index is 1.20. The van der Waals surface area contributed by atoms with Crippen molar-refractivity contribution < 1.29 is 0 Å². The zero-order chi connectivity index (χ0) is 41.3. The lowest BCUT2D eigenvalue weighted by atomic mass is 9.67. The molecule has 1 nitrogen and oxygen atoms in total. The lowest BCUT2D eigenvalue weighted by Crippen LogP contribution is -2.28. The molecule has 1 heteroatoms. The minimum atomic E-state index is -0.587. The van der Waals surface area contributed by atoms with Crippen LogP contribution in [-0.4, -0.2) is 0 Å². The van der Waals surface area contributed by atoms with E-state index in [1.807, 2.05) is 0 Å². The van der Waals surface area contributed by atoms with Crippen molar-refractivity contribution in [3.8, 4) is 55.6 Å². The Labute approximate surface area is 364 Å². The van der Waals surface area contributed by atoms with Gasteiger partial charge in [-0.25, -0.2) is 0 Å². The van der Waals surface area contributed by atoms with Gasteiger partial charge in [-0.1, -0.05) is 224 Å². The Morgan fingerprint density at radius 2 is 0.710 bits per heavy atom. The summed E-state index contributed by atoms with van der Waals surface area (Å²) in [5.74, 6) is 0. The summed E-state index contributed by atoms with van der Waals surface area (Å²) in [5, 5.41) is 0. The van der Waals surface area contributed by atoms with Gasteiger partial charge in [-0.2, -0.15) is 0 Å². The summed E-state index contributed by atoms with van der Waals surface area (Å²) in [6.07, 6.45) is 0. The molecule has 0 aromatic heterocycles. The number of hydrogen-bond donors (Lipinski definition) is 0. The van der Waals surface area contributed by atoms with E-state index in [0.717, 1.165) is 28.2 Å². The zero-order valence-electron chi connectivity index (χ0n) is 34.3. The molecule has 0 heterocycles. The van der Waals surface area contributed by atoms with Gasteiger partial charge in [0.05, 0.1) is 16.8 Å². The molecule has 1 aliphatic carbocycles. The maximum absolute atomic E-state index is 2.50. The molecule has 0 fully saturated rings. The predicted molar refractivity (Wildman–Crippen MR) is 260 cm³/mol. The summed E-state index contributed by atoms with van der Waals surface area (Å²) >= 11 is 0. The van der Waals surface area contributed by atoms with Crippen LogP contribution in [0.15, 0.2) is 261 Å². The van der Waals surface area contributed by atoms with Gasteiger partial charge in [-0.05, 0) is 103 Å². The first-order chi connectivity index (χ1) is 30.8. The summed E-state index contributed by atoms with van der Waals surface area (Å²) in [7, 11) is 0. The average molecular weight is 790 g/mol. The van der Waals surface area contributed by atoms with E-state index in [4.69, 9.17) is 0 Å². The fourth-order valence-corrected chi connectivity index (χ4v) is 9.77. The maximum Gasteiger partial charge on any atom is 0.0714 e. The van der Waals surface area contributed by atoms with Gasteiger partial charge in [0, 0.05) is 16.8 Å². The highest BCUT2D eigenvalue weighted by atomic mass is 15.1. The molecule has 62 heavy (non-hydrogen) atoms. The van der Waals surface area contributed by atoms with E-state index in [1.54, 1.807) is 0 Å². The second-order valence-electron chi connectivity index (χ2n) is 16.0. The number of fused-ring (bicyclic) bond motifs is 3. The first-order valence-corrected chi connectivity index (χ1v) is 21.4. The number of hydrogen-bond acceptors (Lipinski definition) is 1. The van der Waals surface area contributed by atoms with Crippen LogP contribution in [0.5, 0.6) is 0 Å². The molecule has 0 aliphatic heterocycles. The highest BCUT2D eigenvalue weighted by Gasteiger charge is 2.47. The van der Waals surface area contributed by atoms with Gasteiger partial charge >= 0.3 is 0 Å². The fraction of sp³-hybridized carbons (Fsp3) is 0.0164.